The average Bonchev–Trinajstić information content (AvgIpc) is 2.47. The molecule has 0 radical (unpaired) electrons. The van der Waals surface area contributed by atoms with Crippen LogP contribution in [0.5, 0.6) is 11.5 Å². The Labute approximate surface area is 127 Å². The van der Waals surface area contributed by atoms with Gasteiger partial charge >= 0.3 is 5.97 Å². The van der Waals surface area contributed by atoms with Crippen LogP contribution < -0.4 is 10.3 Å². The molecule has 0 saturated carbocycles. The zero-order chi connectivity index (χ0) is 16.1. The number of rotatable bonds is 5. The van der Waals surface area contributed by atoms with E-state index in [0.29, 0.717) is 17.9 Å². The Hall–Kier alpha value is -2.76. The summed E-state index contributed by atoms with van der Waals surface area (Å²) in [5.41, 5.74) is 0.342. The van der Waals surface area contributed by atoms with Crippen LogP contribution in [0.3, 0.4) is 0 Å². The molecule has 2 rings (SSSR count). The van der Waals surface area contributed by atoms with Gasteiger partial charge in [0.1, 0.15) is 11.5 Å². The van der Waals surface area contributed by atoms with Gasteiger partial charge in [-0.25, -0.2) is 4.79 Å². The van der Waals surface area contributed by atoms with Gasteiger partial charge in [-0.15, -0.1) is 0 Å². The molecule has 0 atom stereocenters. The van der Waals surface area contributed by atoms with Crippen LogP contribution in [-0.4, -0.2) is 29.8 Å². The summed E-state index contributed by atoms with van der Waals surface area (Å²) in [6.07, 6.45) is 0.392. The van der Waals surface area contributed by atoms with Crippen molar-refractivity contribution in [1.82, 2.24) is 4.98 Å². The lowest BCUT2D eigenvalue weighted by Crippen LogP contribution is -2.21. The number of H-pyrrole nitrogens is 1. The number of hydrogen-bond acceptors (Lipinski definition) is 5. The molecule has 0 unspecified atom stereocenters. The van der Waals surface area contributed by atoms with Crippen molar-refractivity contribution in [2.24, 2.45) is 0 Å². The van der Waals surface area contributed by atoms with Crippen LogP contribution in [0.4, 0.5) is 0 Å². The second kappa shape index (κ2) is 6.80. The molecule has 0 spiro atoms. The van der Waals surface area contributed by atoms with Crippen LogP contribution >= 0.6 is 0 Å². The fraction of sp³-hybridized carbons (Fsp3) is 0.250. The van der Waals surface area contributed by atoms with E-state index in [1.54, 1.807) is 14.0 Å². The number of aromatic amines is 1. The zero-order valence-electron chi connectivity index (χ0n) is 12.4. The molecule has 0 aliphatic rings. The summed E-state index contributed by atoms with van der Waals surface area (Å²) in [6.45, 7) is 1.75. The molecular formula is C16H17NO5. The number of ether oxygens (including phenoxy) is 2. The highest BCUT2D eigenvalue weighted by molar-refractivity contribution is 5.91. The van der Waals surface area contributed by atoms with Crippen molar-refractivity contribution in [2.45, 2.75) is 13.3 Å². The summed E-state index contributed by atoms with van der Waals surface area (Å²) in [5, 5.41) is 9.90. The molecule has 116 valence electrons. The Balaban J connectivity index is 2.30. The van der Waals surface area contributed by atoms with Crippen molar-refractivity contribution in [1.29, 1.82) is 0 Å². The van der Waals surface area contributed by atoms with Crippen molar-refractivity contribution in [2.75, 3.05) is 13.7 Å². The van der Waals surface area contributed by atoms with Gasteiger partial charge in [0.2, 0.25) is 0 Å². The van der Waals surface area contributed by atoms with E-state index in [4.69, 9.17) is 9.47 Å². The van der Waals surface area contributed by atoms with Crippen LogP contribution in [0.25, 0.3) is 0 Å². The third-order valence-corrected chi connectivity index (χ3v) is 3.08. The summed E-state index contributed by atoms with van der Waals surface area (Å²) in [7, 11) is 1.57. The molecule has 0 bridgehead atoms. The van der Waals surface area contributed by atoms with E-state index in [2.05, 4.69) is 4.98 Å². The van der Waals surface area contributed by atoms with Crippen molar-refractivity contribution >= 4 is 5.97 Å². The molecule has 0 aliphatic carbocycles. The molecule has 0 aliphatic heterocycles. The average molecular weight is 303 g/mol. The van der Waals surface area contributed by atoms with Gasteiger partial charge in [-0.05, 0) is 24.6 Å². The monoisotopic (exact) mass is 303 g/mol. The number of esters is 1. The van der Waals surface area contributed by atoms with Crippen LogP contribution in [0.15, 0.2) is 35.1 Å². The molecule has 0 fully saturated rings. The van der Waals surface area contributed by atoms with Gasteiger partial charge in [0.05, 0.1) is 13.7 Å². The molecule has 2 aromatic rings. The van der Waals surface area contributed by atoms with E-state index in [1.807, 2.05) is 24.3 Å². The number of benzene rings is 1. The zero-order valence-corrected chi connectivity index (χ0v) is 12.4. The van der Waals surface area contributed by atoms with Gasteiger partial charge < -0.3 is 19.6 Å². The fourth-order valence-corrected chi connectivity index (χ4v) is 2.10. The minimum Gasteiger partial charge on any atom is -0.507 e. The number of carbonyl (C=O) groups is 1. The summed E-state index contributed by atoms with van der Waals surface area (Å²) in [6, 6.07) is 8.70. The Kier molecular flexibility index (Phi) is 4.83. The van der Waals surface area contributed by atoms with E-state index >= 15 is 0 Å². The summed E-state index contributed by atoms with van der Waals surface area (Å²) in [5.74, 6) is -0.526. The van der Waals surface area contributed by atoms with E-state index in [0.717, 1.165) is 5.56 Å². The molecule has 1 heterocycles. The molecule has 0 amide bonds. The van der Waals surface area contributed by atoms with Crippen molar-refractivity contribution < 1.29 is 19.4 Å². The number of carbonyl (C=O) groups excluding carboxylic acids is 1. The number of aromatic nitrogens is 1. The Morgan fingerprint density at radius 3 is 2.73 bits per heavy atom. The van der Waals surface area contributed by atoms with Crippen LogP contribution in [-0.2, 0) is 11.2 Å². The van der Waals surface area contributed by atoms with Gasteiger partial charge in [-0.3, -0.25) is 4.79 Å². The van der Waals surface area contributed by atoms with Crippen molar-refractivity contribution in [3.05, 3.63) is 57.5 Å². The highest BCUT2D eigenvalue weighted by Crippen LogP contribution is 2.19. The summed E-state index contributed by atoms with van der Waals surface area (Å²) in [4.78, 5) is 26.2. The van der Waals surface area contributed by atoms with Gasteiger partial charge in [0, 0.05) is 18.2 Å². The van der Waals surface area contributed by atoms with Crippen LogP contribution in [0, 0.1) is 0 Å². The van der Waals surface area contributed by atoms with E-state index in [9.17, 15) is 14.7 Å². The van der Waals surface area contributed by atoms with Crippen LogP contribution in [0.1, 0.15) is 28.5 Å². The topological polar surface area (TPSA) is 88.6 Å². The number of hydrogen-bond donors (Lipinski definition) is 2. The fourth-order valence-electron chi connectivity index (χ4n) is 2.10. The third-order valence-electron chi connectivity index (χ3n) is 3.08. The van der Waals surface area contributed by atoms with Crippen molar-refractivity contribution in [3.63, 3.8) is 0 Å². The van der Waals surface area contributed by atoms with Gasteiger partial charge in [0.15, 0.2) is 5.56 Å². The summed E-state index contributed by atoms with van der Waals surface area (Å²) >= 11 is 0. The van der Waals surface area contributed by atoms with Gasteiger partial charge in [-0.1, -0.05) is 12.1 Å². The molecular weight excluding hydrogens is 286 g/mol. The lowest BCUT2D eigenvalue weighted by Gasteiger charge is -2.08. The number of nitrogens with one attached hydrogen (secondary N) is 1. The molecule has 6 nitrogen and oxygen atoms in total. The summed E-state index contributed by atoms with van der Waals surface area (Å²) < 4.78 is 9.88. The molecule has 0 saturated heterocycles. The highest BCUT2D eigenvalue weighted by atomic mass is 16.5. The number of methoxy groups -OCH3 is 1. The first-order valence-electron chi connectivity index (χ1n) is 6.80. The SMILES string of the molecule is CCOC(=O)c1c(O)cc(Cc2cccc(OC)c2)[nH]c1=O. The second-order valence-electron chi connectivity index (χ2n) is 4.63. The lowest BCUT2D eigenvalue weighted by atomic mass is 10.1. The molecule has 6 heteroatoms. The Morgan fingerprint density at radius 1 is 1.32 bits per heavy atom. The first kappa shape index (κ1) is 15.6. The standard InChI is InChI=1S/C16H17NO5/c1-3-22-16(20)14-13(18)9-11(17-15(14)19)7-10-5-4-6-12(8-10)21-2/h4-6,8-9H,3,7H2,1-2H3,(H2,17,18,19). The number of pyridine rings is 1. The first-order valence-corrected chi connectivity index (χ1v) is 6.80. The van der Waals surface area contributed by atoms with Crippen molar-refractivity contribution in [3.8, 4) is 11.5 Å². The van der Waals surface area contributed by atoms with E-state index in [-0.39, 0.29) is 17.9 Å². The third kappa shape index (κ3) is 3.46. The Bertz CT molecular complexity index is 736. The maximum atomic E-state index is 11.9. The maximum absolute atomic E-state index is 11.9. The quantitative estimate of drug-likeness (QED) is 0.823. The van der Waals surface area contributed by atoms with Crippen LogP contribution in [0.2, 0.25) is 0 Å². The minimum absolute atomic E-state index is 0.128. The molecule has 2 N–H and O–H groups in total. The van der Waals surface area contributed by atoms with Gasteiger partial charge in [-0.2, -0.15) is 0 Å². The molecule has 22 heavy (non-hydrogen) atoms. The number of aromatic hydroxyl groups is 1. The van der Waals surface area contributed by atoms with E-state index < -0.39 is 11.5 Å². The second-order valence-corrected chi connectivity index (χ2v) is 4.63. The maximum Gasteiger partial charge on any atom is 0.347 e. The molecule has 1 aromatic carbocycles. The van der Waals surface area contributed by atoms with Gasteiger partial charge in [0.25, 0.3) is 5.56 Å². The smallest absolute Gasteiger partial charge is 0.347 e. The largest absolute Gasteiger partial charge is 0.507 e. The highest BCUT2D eigenvalue weighted by Gasteiger charge is 2.18. The minimum atomic E-state index is -0.839. The Morgan fingerprint density at radius 2 is 2.09 bits per heavy atom. The van der Waals surface area contributed by atoms with E-state index in [1.165, 1.54) is 6.07 Å². The molecule has 1 aromatic heterocycles. The predicted molar refractivity (Wildman–Crippen MR) is 80.5 cm³/mol. The first-order chi connectivity index (χ1) is 10.5. The predicted octanol–water partition coefficient (Wildman–Crippen LogP) is 1.86. The lowest BCUT2D eigenvalue weighted by molar-refractivity contribution is 0.0521. The normalized spacial score (nSPS) is 10.3.